The lowest BCUT2D eigenvalue weighted by Gasteiger charge is -2.58. The Morgan fingerprint density at radius 2 is 1.67 bits per heavy atom. The largest absolute Gasteiger partial charge is 0.496 e. The molecule has 114 valence electrons. The van der Waals surface area contributed by atoms with Crippen molar-refractivity contribution >= 4 is 11.6 Å². The van der Waals surface area contributed by atoms with Gasteiger partial charge in [0.05, 0.1) is 7.11 Å². The zero-order chi connectivity index (χ0) is 14.4. The van der Waals surface area contributed by atoms with Crippen molar-refractivity contribution in [1.29, 1.82) is 0 Å². The van der Waals surface area contributed by atoms with Gasteiger partial charge in [-0.15, -0.1) is 11.6 Å². The highest BCUT2D eigenvalue weighted by Gasteiger charge is 2.53. The lowest BCUT2D eigenvalue weighted by Crippen LogP contribution is -2.50. The van der Waals surface area contributed by atoms with E-state index in [2.05, 4.69) is 18.2 Å². The standard InChI is InChI=1S/C19H25ClO/c1-21-17-5-3-2-4-16(17)9-18(20)19-10-13-6-14(11-19)8-15(7-13)12-19/h2-5,13-15,18H,6-12H2,1H3. The third-order valence-corrected chi connectivity index (χ3v) is 6.96. The van der Waals surface area contributed by atoms with Crippen LogP contribution in [-0.2, 0) is 6.42 Å². The van der Waals surface area contributed by atoms with Gasteiger partial charge in [0.15, 0.2) is 0 Å². The molecule has 1 atom stereocenters. The van der Waals surface area contributed by atoms with E-state index in [0.29, 0.717) is 5.41 Å². The third kappa shape index (κ3) is 2.38. The molecule has 1 aromatic rings. The zero-order valence-corrected chi connectivity index (χ0v) is 13.6. The van der Waals surface area contributed by atoms with E-state index in [0.717, 1.165) is 29.9 Å². The van der Waals surface area contributed by atoms with Gasteiger partial charge in [-0.3, -0.25) is 0 Å². The first-order valence-electron chi connectivity index (χ1n) is 8.44. The fourth-order valence-corrected chi connectivity index (χ4v) is 6.28. The van der Waals surface area contributed by atoms with Crippen LogP contribution in [0.15, 0.2) is 24.3 Å². The van der Waals surface area contributed by atoms with Gasteiger partial charge in [-0.2, -0.15) is 0 Å². The molecule has 5 rings (SSSR count). The molecule has 4 fully saturated rings. The Morgan fingerprint density at radius 1 is 1.10 bits per heavy atom. The van der Waals surface area contributed by atoms with Gasteiger partial charge in [0.25, 0.3) is 0 Å². The van der Waals surface area contributed by atoms with Crippen LogP contribution in [0, 0.1) is 23.2 Å². The minimum absolute atomic E-state index is 0.266. The summed E-state index contributed by atoms with van der Waals surface area (Å²) in [4.78, 5) is 0. The lowest BCUT2D eigenvalue weighted by molar-refractivity contribution is -0.0545. The van der Waals surface area contributed by atoms with E-state index in [1.807, 2.05) is 6.07 Å². The number of ether oxygens (including phenoxy) is 1. The highest BCUT2D eigenvalue weighted by atomic mass is 35.5. The number of rotatable bonds is 4. The summed E-state index contributed by atoms with van der Waals surface area (Å²) in [6.45, 7) is 0. The van der Waals surface area contributed by atoms with Crippen LogP contribution < -0.4 is 4.74 Å². The summed E-state index contributed by atoms with van der Waals surface area (Å²) < 4.78 is 5.51. The van der Waals surface area contributed by atoms with E-state index in [1.165, 1.54) is 44.1 Å². The number of methoxy groups -OCH3 is 1. The average Bonchev–Trinajstić information content (AvgIpc) is 2.46. The van der Waals surface area contributed by atoms with E-state index in [4.69, 9.17) is 16.3 Å². The normalized spacial score (nSPS) is 38.5. The van der Waals surface area contributed by atoms with Crippen molar-refractivity contribution in [2.24, 2.45) is 23.2 Å². The molecule has 1 nitrogen and oxygen atoms in total. The molecule has 0 aromatic heterocycles. The molecular weight excluding hydrogens is 280 g/mol. The zero-order valence-electron chi connectivity index (χ0n) is 12.9. The summed E-state index contributed by atoms with van der Waals surface area (Å²) in [5.41, 5.74) is 1.69. The fourth-order valence-electron chi connectivity index (χ4n) is 5.84. The van der Waals surface area contributed by atoms with Crippen LogP contribution in [0.4, 0.5) is 0 Å². The van der Waals surface area contributed by atoms with Crippen molar-refractivity contribution in [3.05, 3.63) is 29.8 Å². The van der Waals surface area contributed by atoms with Crippen LogP contribution >= 0.6 is 11.6 Å². The van der Waals surface area contributed by atoms with Gasteiger partial charge in [-0.05, 0) is 79.7 Å². The Hall–Kier alpha value is -0.690. The summed E-state index contributed by atoms with van der Waals surface area (Å²) in [6.07, 6.45) is 9.54. The van der Waals surface area contributed by atoms with Gasteiger partial charge in [-0.1, -0.05) is 18.2 Å². The maximum absolute atomic E-state index is 7.01. The monoisotopic (exact) mass is 304 g/mol. The molecular formula is C19H25ClO. The molecule has 4 aliphatic rings. The minimum Gasteiger partial charge on any atom is -0.496 e. The van der Waals surface area contributed by atoms with Crippen molar-refractivity contribution in [3.63, 3.8) is 0 Å². The predicted molar refractivity (Wildman–Crippen MR) is 86.9 cm³/mol. The Kier molecular flexibility index (Phi) is 3.45. The van der Waals surface area contributed by atoms with Gasteiger partial charge in [-0.25, -0.2) is 0 Å². The number of hydrogen-bond donors (Lipinski definition) is 0. The molecule has 4 bridgehead atoms. The van der Waals surface area contributed by atoms with Crippen LogP contribution in [0.1, 0.15) is 44.1 Å². The molecule has 0 aliphatic heterocycles. The van der Waals surface area contributed by atoms with E-state index in [1.54, 1.807) is 7.11 Å². The summed E-state index contributed by atoms with van der Waals surface area (Å²) >= 11 is 7.01. The second-order valence-electron chi connectivity index (χ2n) is 7.76. The van der Waals surface area contributed by atoms with Gasteiger partial charge in [0.2, 0.25) is 0 Å². The smallest absolute Gasteiger partial charge is 0.122 e. The Labute approximate surface area is 133 Å². The average molecular weight is 305 g/mol. The molecule has 4 aliphatic carbocycles. The molecule has 0 radical (unpaired) electrons. The molecule has 0 N–H and O–H groups in total. The summed E-state index contributed by atoms with van der Waals surface area (Å²) in [5.74, 6) is 3.90. The summed E-state index contributed by atoms with van der Waals surface area (Å²) in [6, 6.07) is 8.37. The first-order chi connectivity index (χ1) is 10.2. The van der Waals surface area contributed by atoms with Crippen molar-refractivity contribution in [3.8, 4) is 5.75 Å². The quantitative estimate of drug-likeness (QED) is 0.706. The number of halogens is 1. The molecule has 1 aromatic carbocycles. The molecule has 21 heavy (non-hydrogen) atoms. The van der Waals surface area contributed by atoms with E-state index in [-0.39, 0.29) is 5.38 Å². The maximum atomic E-state index is 7.01. The predicted octanol–water partition coefficient (Wildman–Crippen LogP) is 5.06. The Bertz CT molecular complexity index is 489. The van der Waals surface area contributed by atoms with Gasteiger partial charge in [0.1, 0.15) is 5.75 Å². The number of para-hydroxylation sites is 1. The molecule has 1 unspecified atom stereocenters. The van der Waals surface area contributed by atoms with Crippen LogP contribution in [0.2, 0.25) is 0 Å². The van der Waals surface area contributed by atoms with Crippen molar-refractivity contribution in [2.45, 2.75) is 50.3 Å². The number of benzene rings is 1. The lowest BCUT2D eigenvalue weighted by atomic mass is 9.48. The second kappa shape index (κ2) is 5.19. The molecule has 0 heterocycles. The van der Waals surface area contributed by atoms with Crippen LogP contribution in [-0.4, -0.2) is 12.5 Å². The summed E-state index contributed by atoms with van der Waals surface area (Å²) in [7, 11) is 1.76. The molecule has 2 heteroatoms. The van der Waals surface area contributed by atoms with Gasteiger partial charge >= 0.3 is 0 Å². The van der Waals surface area contributed by atoms with Crippen LogP contribution in [0.25, 0.3) is 0 Å². The molecule has 4 saturated carbocycles. The maximum Gasteiger partial charge on any atom is 0.122 e. The fraction of sp³-hybridized carbons (Fsp3) is 0.684. The Balaban J connectivity index is 1.56. The van der Waals surface area contributed by atoms with Crippen molar-refractivity contribution in [1.82, 2.24) is 0 Å². The topological polar surface area (TPSA) is 9.23 Å². The van der Waals surface area contributed by atoms with Crippen LogP contribution in [0.5, 0.6) is 5.75 Å². The van der Waals surface area contributed by atoms with Gasteiger partial charge in [0, 0.05) is 5.38 Å². The van der Waals surface area contributed by atoms with E-state index >= 15 is 0 Å². The second-order valence-corrected chi connectivity index (χ2v) is 8.29. The molecule has 0 amide bonds. The number of hydrogen-bond acceptors (Lipinski definition) is 1. The third-order valence-electron chi connectivity index (χ3n) is 6.34. The van der Waals surface area contributed by atoms with E-state index in [9.17, 15) is 0 Å². The van der Waals surface area contributed by atoms with Crippen LogP contribution in [0.3, 0.4) is 0 Å². The number of alkyl halides is 1. The SMILES string of the molecule is COc1ccccc1CC(Cl)C12CC3CC(CC(C3)C1)C2. The van der Waals surface area contributed by atoms with Gasteiger partial charge < -0.3 is 4.74 Å². The first kappa shape index (κ1) is 13.9. The highest BCUT2D eigenvalue weighted by Crippen LogP contribution is 2.62. The first-order valence-corrected chi connectivity index (χ1v) is 8.88. The van der Waals surface area contributed by atoms with Crippen molar-refractivity contribution < 1.29 is 4.74 Å². The Morgan fingerprint density at radius 3 is 2.24 bits per heavy atom. The van der Waals surface area contributed by atoms with E-state index < -0.39 is 0 Å². The molecule has 0 spiro atoms. The molecule has 0 saturated heterocycles. The minimum atomic E-state index is 0.266. The van der Waals surface area contributed by atoms with Crippen molar-refractivity contribution in [2.75, 3.05) is 7.11 Å². The summed E-state index contributed by atoms with van der Waals surface area (Å²) in [5, 5.41) is 0.266. The highest BCUT2D eigenvalue weighted by molar-refractivity contribution is 6.21.